The number of halogens is 1. The van der Waals surface area contributed by atoms with E-state index >= 15 is 0 Å². The molecule has 3 nitrogen and oxygen atoms in total. The minimum atomic E-state index is -0.269. The lowest BCUT2D eigenvalue weighted by Gasteiger charge is -2.12. The van der Waals surface area contributed by atoms with E-state index in [1.54, 1.807) is 11.8 Å². The van der Waals surface area contributed by atoms with Crippen LogP contribution in [0.4, 0.5) is 16.2 Å². The molecule has 3 rings (SSSR count). The zero-order valence-corrected chi connectivity index (χ0v) is 15.1. The van der Waals surface area contributed by atoms with Gasteiger partial charge in [-0.25, -0.2) is 4.79 Å². The summed E-state index contributed by atoms with van der Waals surface area (Å²) in [4.78, 5) is 14.4. The highest BCUT2D eigenvalue weighted by atomic mass is 79.9. The number of carbonyl (C=O) groups excluding carboxylic acids is 1. The fourth-order valence-electron chi connectivity index (χ4n) is 2.13. The van der Waals surface area contributed by atoms with Crippen molar-refractivity contribution < 1.29 is 4.79 Å². The molecule has 24 heavy (non-hydrogen) atoms. The van der Waals surface area contributed by atoms with E-state index in [0.717, 1.165) is 25.6 Å². The summed E-state index contributed by atoms with van der Waals surface area (Å²) in [6.45, 7) is 0. The molecule has 0 atom stereocenters. The summed E-state index contributed by atoms with van der Waals surface area (Å²) in [5.41, 5.74) is 1.51. The van der Waals surface area contributed by atoms with Crippen LogP contribution >= 0.6 is 27.7 Å². The first kappa shape index (κ1) is 16.6. The molecule has 5 heteroatoms. The molecule has 0 aliphatic heterocycles. The number of benzene rings is 3. The van der Waals surface area contributed by atoms with Crippen LogP contribution in [0.5, 0.6) is 0 Å². The van der Waals surface area contributed by atoms with Gasteiger partial charge in [0.25, 0.3) is 0 Å². The molecule has 3 aromatic rings. The lowest BCUT2D eigenvalue weighted by molar-refractivity contribution is 0.262. The van der Waals surface area contributed by atoms with Gasteiger partial charge in [0.15, 0.2) is 0 Å². The SMILES string of the molecule is O=C(Nc1cccc(Br)c1)Nc1ccccc1Sc1ccccc1. The van der Waals surface area contributed by atoms with Gasteiger partial charge in [-0.15, -0.1) is 0 Å². The highest BCUT2D eigenvalue weighted by Crippen LogP contribution is 2.33. The van der Waals surface area contributed by atoms with E-state index < -0.39 is 0 Å². The van der Waals surface area contributed by atoms with Crippen LogP contribution in [0, 0.1) is 0 Å². The molecule has 0 spiro atoms. The maximum Gasteiger partial charge on any atom is 0.323 e. The number of rotatable bonds is 4. The molecule has 0 aliphatic rings. The van der Waals surface area contributed by atoms with Crippen molar-refractivity contribution in [1.82, 2.24) is 0 Å². The van der Waals surface area contributed by atoms with Crippen LogP contribution in [-0.2, 0) is 0 Å². The largest absolute Gasteiger partial charge is 0.323 e. The van der Waals surface area contributed by atoms with Gasteiger partial charge in [-0.1, -0.05) is 64.1 Å². The number of urea groups is 1. The van der Waals surface area contributed by atoms with Crippen molar-refractivity contribution in [3.63, 3.8) is 0 Å². The fourth-order valence-corrected chi connectivity index (χ4v) is 3.45. The van der Waals surface area contributed by atoms with Gasteiger partial charge < -0.3 is 10.6 Å². The molecule has 0 aromatic heterocycles. The topological polar surface area (TPSA) is 41.1 Å². The van der Waals surface area contributed by atoms with Crippen LogP contribution in [0.2, 0.25) is 0 Å². The molecule has 0 fully saturated rings. The molecule has 2 amide bonds. The Hall–Kier alpha value is -2.24. The number of carbonyl (C=O) groups is 1. The molecule has 3 aromatic carbocycles. The molecule has 120 valence electrons. The van der Waals surface area contributed by atoms with E-state index in [-0.39, 0.29) is 6.03 Å². The third-order valence-electron chi connectivity index (χ3n) is 3.19. The van der Waals surface area contributed by atoms with Gasteiger partial charge in [-0.3, -0.25) is 0 Å². The summed E-state index contributed by atoms with van der Waals surface area (Å²) in [5, 5.41) is 5.75. The van der Waals surface area contributed by atoms with Crippen LogP contribution in [-0.4, -0.2) is 6.03 Å². The first-order valence-corrected chi connectivity index (χ1v) is 8.97. The quantitative estimate of drug-likeness (QED) is 0.545. The van der Waals surface area contributed by atoms with Crippen molar-refractivity contribution in [2.24, 2.45) is 0 Å². The minimum absolute atomic E-state index is 0.269. The summed E-state index contributed by atoms with van der Waals surface area (Å²) in [7, 11) is 0. The van der Waals surface area contributed by atoms with E-state index in [0.29, 0.717) is 0 Å². The minimum Gasteiger partial charge on any atom is -0.308 e. The molecular weight excluding hydrogens is 384 g/mol. The van der Waals surface area contributed by atoms with Crippen LogP contribution in [0.1, 0.15) is 0 Å². The van der Waals surface area contributed by atoms with Gasteiger partial charge >= 0.3 is 6.03 Å². The molecule has 0 saturated carbocycles. The van der Waals surface area contributed by atoms with E-state index in [1.165, 1.54) is 0 Å². The van der Waals surface area contributed by atoms with E-state index in [1.807, 2.05) is 78.9 Å². The van der Waals surface area contributed by atoms with Gasteiger partial charge in [0.2, 0.25) is 0 Å². The number of hydrogen-bond donors (Lipinski definition) is 2. The second-order valence-electron chi connectivity index (χ2n) is 5.00. The third-order valence-corrected chi connectivity index (χ3v) is 4.77. The monoisotopic (exact) mass is 398 g/mol. The molecule has 0 saturated heterocycles. The van der Waals surface area contributed by atoms with E-state index in [2.05, 4.69) is 26.6 Å². The predicted octanol–water partition coefficient (Wildman–Crippen LogP) is 6.24. The van der Waals surface area contributed by atoms with Crippen molar-refractivity contribution in [1.29, 1.82) is 0 Å². The molecule has 0 unspecified atom stereocenters. The normalized spacial score (nSPS) is 10.2. The number of hydrogen-bond acceptors (Lipinski definition) is 2. The smallest absolute Gasteiger partial charge is 0.308 e. The summed E-state index contributed by atoms with van der Waals surface area (Å²) in [5.74, 6) is 0. The van der Waals surface area contributed by atoms with Gasteiger partial charge in [-0.2, -0.15) is 0 Å². The Bertz CT molecular complexity index is 840. The molecule has 0 radical (unpaired) electrons. The van der Waals surface area contributed by atoms with Crippen LogP contribution < -0.4 is 10.6 Å². The summed E-state index contributed by atoms with van der Waals surface area (Å²) in [6.07, 6.45) is 0. The number of anilines is 2. The first-order chi connectivity index (χ1) is 11.7. The van der Waals surface area contributed by atoms with Crippen molar-refractivity contribution in [2.45, 2.75) is 9.79 Å². The second-order valence-corrected chi connectivity index (χ2v) is 7.03. The van der Waals surface area contributed by atoms with Crippen molar-refractivity contribution in [2.75, 3.05) is 10.6 Å². The lowest BCUT2D eigenvalue weighted by atomic mass is 10.3. The Morgan fingerprint density at radius 3 is 2.38 bits per heavy atom. The molecule has 2 N–H and O–H groups in total. The molecule has 0 bridgehead atoms. The third kappa shape index (κ3) is 4.63. The van der Waals surface area contributed by atoms with Crippen molar-refractivity contribution >= 4 is 45.1 Å². The van der Waals surface area contributed by atoms with E-state index in [4.69, 9.17) is 0 Å². The number of nitrogens with one attached hydrogen (secondary N) is 2. The summed E-state index contributed by atoms with van der Waals surface area (Å²) < 4.78 is 0.917. The average molecular weight is 399 g/mol. The number of para-hydroxylation sites is 1. The Morgan fingerprint density at radius 2 is 1.58 bits per heavy atom. The van der Waals surface area contributed by atoms with Gasteiger partial charge in [-0.05, 0) is 42.5 Å². The highest BCUT2D eigenvalue weighted by molar-refractivity contribution is 9.10. The zero-order valence-electron chi connectivity index (χ0n) is 12.7. The maximum absolute atomic E-state index is 12.3. The van der Waals surface area contributed by atoms with Gasteiger partial charge in [0, 0.05) is 20.0 Å². The predicted molar refractivity (Wildman–Crippen MR) is 104 cm³/mol. The first-order valence-electron chi connectivity index (χ1n) is 7.36. The van der Waals surface area contributed by atoms with Crippen molar-refractivity contribution in [3.05, 3.63) is 83.3 Å². The van der Waals surface area contributed by atoms with Crippen molar-refractivity contribution in [3.8, 4) is 0 Å². The molecule has 0 heterocycles. The van der Waals surface area contributed by atoms with E-state index in [9.17, 15) is 4.79 Å². The van der Waals surface area contributed by atoms with Gasteiger partial charge in [0.05, 0.1) is 5.69 Å². The Balaban J connectivity index is 1.72. The Labute approximate surface area is 153 Å². The molecular formula is C19H15BrN2OS. The average Bonchev–Trinajstić information content (AvgIpc) is 2.57. The summed E-state index contributed by atoms with van der Waals surface area (Å²) >= 11 is 5.01. The molecule has 0 aliphatic carbocycles. The lowest BCUT2D eigenvalue weighted by Crippen LogP contribution is -2.19. The second kappa shape index (κ2) is 8.04. The Morgan fingerprint density at radius 1 is 0.833 bits per heavy atom. The maximum atomic E-state index is 12.3. The van der Waals surface area contributed by atoms with Crippen LogP contribution in [0.15, 0.2) is 93.1 Å². The zero-order chi connectivity index (χ0) is 16.8. The standard InChI is InChI=1S/C19H15BrN2OS/c20-14-7-6-8-15(13-14)21-19(23)22-17-11-4-5-12-18(17)24-16-9-2-1-3-10-16/h1-13H,(H2,21,22,23). The Kier molecular flexibility index (Phi) is 5.56. The van der Waals surface area contributed by atoms with Gasteiger partial charge in [0.1, 0.15) is 0 Å². The fraction of sp³-hybridized carbons (Fsp3) is 0. The number of amides is 2. The van der Waals surface area contributed by atoms with Crippen LogP contribution in [0.25, 0.3) is 0 Å². The summed E-state index contributed by atoms with van der Waals surface area (Å²) in [6, 6.07) is 25.0. The highest BCUT2D eigenvalue weighted by Gasteiger charge is 2.08. The van der Waals surface area contributed by atoms with Crippen LogP contribution in [0.3, 0.4) is 0 Å².